The van der Waals surface area contributed by atoms with Gasteiger partial charge in [0, 0.05) is 25.4 Å². The van der Waals surface area contributed by atoms with E-state index in [9.17, 15) is 9.59 Å². The molecule has 1 aromatic rings. The summed E-state index contributed by atoms with van der Waals surface area (Å²) in [4.78, 5) is 23.4. The molecule has 0 aliphatic carbocycles. The number of likely N-dealkylation sites (tertiary alicyclic amines) is 1. The van der Waals surface area contributed by atoms with Gasteiger partial charge in [0.15, 0.2) is 0 Å². The van der Waals surface area contributed by atoms with Gasteiger partial charge in [0.25, 0.3) is 6.47 Å². The highest BCUT2D eigenvalue weighted by Gasteiger charge is 2.46. The first-order valence-corrected chi connectivity index (χ1v) is 9.04. The maximum absolute atomic E-state index is 10.9. The number of hydrogen-bond acceptors (Lipinski definition) is 4. The van der Waals surface area contributed by atoms with E-state index in [0.717, 1.165) is 12.0 Å². The monoisotopic (exact) mass is 370 g/mol. The van der Waals surface area contributed by atoms with Crippen LogP contribution < -0.4 is 5.73 Å². The third-order valence-electron chi connectivity index (χ3n) is 4.75. The normalized spacial score (nSPS) is 20.6. The Balaban J connectivity index is 0.000000387. The van der Waals surface area contributed by atoms with Crippen molar-refractivity contribution in [1.82, 2.24) is 4.90 Å². The van der Waals surface area contributed by atoms with Crippen LogP contribution in [0.3, 0.4) is 0 Å². The molecule has 1 heterocycles. The van der Waals surface area contributed by atoms with Crippen molar-refractivity contribution in [2.75, 3.05) is 19.6 Å². The molecule has 5 heteroatoms. The third kappa shape index (κ3) is 6.53. The van der Waals surface area contributed by atoms with Crippen LogP contribution in [-0.2, 0) is 14.3 Å². The van der Waals surface area contributed by atoms with Gasteiger partial charge in [-0.25, -0.2) is 0 Å². The van der Waals surface area contributed by atoms with Crippen LogP contribution in [-0.4, -0.2) is 43.0 Å². The molecule has 0 radical (unpaired) electrons. The van der Waals surface area contributed by atoms with Crippen LogP contribution in [0.25, 0.3) is 0 Å². The van der Waals surface area contributed by atoms with E-state index in [2.05, 4.69) is 19.6 Å². The van der Waals surface area contributed by atoms with Gasteiger partial charge in [-0.3, -0.25) is 9.59 Å². The van der Waals surface area contributed by atoms with E-state index in [1.165, 1.54) is 5.57 Å². The Bertz CT molecular complexity index is 655. The largest absolute Gasteiger partial charge is 0.459 e. The van der Waals surface area contributed by atoms with E-state index >= 15 is 0 Å². The van der Waals surface area contributed by atoms with E-state index in [1.807, 2.05) is 49.4 Å². The lowest BCUT2D eigenvalue weighted by molar-refractivity contribution is -0.145. The van der Waals surface area contributed by atoms with Crippen LogP contribution >= 0.6 is 0 Å². The fourth-order valence-electron chi connectivity index (χ4n) is 3.14. The van der Waals surface area contributed by atoms with Crippen molar-refractivity contribution in [2.24, 2.45) is 5.73 Å². The standard InChI is InChI=1S/C14H18N2O3.C8H12/c15-8-13(12-4-2-1-3-5-12)14(19-11-18)6-7-16(9-14)10-17;1-4-6-7-8(3)5-2/h1-5,10-11,13H,6-9,15H2;4-7H,1H2,2-3H3/b;7-6-,8-5-. The summed E-state index contributed by atoms with van der Waals surface area (Å²) in [7, 11) is 0. The molecule has 27 heavy (non-hydrogen) atoms. The molecule has 146 valence electrons. The molecule has 2 unspecified atom stereocenters. The van der Waals surface area contributed by atoms with Crippen molar-refractivity contribution < 1.29 is 14.3 Å². The Hall–Kier alpha value is -2.66. The minimum Gasteiger partial charge on any atom is -0.459 e. The Morgan fingerprint density at radius 1 is 1.37 bits per heavy atom. The fourth-order valence-corrected chi connectivity index (χ4v) is 3.14. The molecule has 1 saturated heterocycles. The minimum atomic E-state index is -0.710. The second-order valence-corrected chi connectivity index (χ2v) is 6.43. The number of carbonyl (C=O) groups is 2. The number of carbonyl (C=O) groups excluding carboxylic acids is 2. The minimum absolute atomic E-state index is 0.108. The molecule has 0 bridgehead atoms. The number of allylic oxidation sites excluding steroid dienone is 5. The maximum Gasteiger partial charge on any atom is 0.293 e. The van der Waals surface area contributed by atoms with Gasteiger partial charge in [-0.05, 0) is 19.4 Å². The van der Waals surface area contributed by atoms with Gasteiger partial charge in [0.2, 0.25) is 6.41 Å². The average Bonchev–Trinajstić information content (AvgIpc) is 3.12. The summed E-state index contributed by atoms with van der Waals surface area (Å²) in [5, 5.41) is 0. The lowest BCUT2D eigenvalue weighted by Crippen LogP contribution is -2.45. The summed E-state index contributed by atoms with van der Waals surface area (Å²) in [6, 6.07) is 9.73. The number of nitrogens with zero attached hydrogens (tertiary/aromatic N) is 1. The highest BCUT2D eigenvalue weighted by Crippen LogP contribution is 2.37. The zero-order chi connectivity index (χ0) is 20.1. The predicted molar refractivity (Wildman–Crippen MR) is 109 cm³/mol. The fraction of sp³-hybridized carbons (Fsp3) is 0.364. The summed E-state index contributed by atoms with van der Waals surface area (Å²) in [5.41, 5.74) is 7.47. The van der Waals surface area contributed by atoms with Gasteiger partial charge in [-0.15, -0.1) is 0 Å². The van der Waals surface area contributed by atoms with Crippen LogP contribution in [0.4, 0.5) is 0 Å². The summed E-state index contributed by atoms with van der Waals surface area (Å²) in [6.07, 6.45) is 9.17. The molecule has 5 nitrogen and oxygen atoms in total. The molecule has 1 aliphatic rings. The Kier molecular flexibility index (Phi) is 9.83. The summed E-state index contributed by atoms with van der Waals surface area (Å²) >= 11 is 0. The first-order valence-electron chi connectivity index (χ1n) is 9.04. The van der Waals surface area contributed by atoms with Crippen LogP contribution in [0.15, 0.2) is 66.8 Å². The first-order chi connectivity index (χ1) is 13.1. The maximum atomic E-state index is 10.9. The molecule has 1 aliphatic heterocycles. The molecule has 2 rings (SSSR count). The van der Waals surface area contributed by atoms with Crippen LogP contribution in [0, 0.1) is 0 Å². The number of ether oxygens (including phenoxy) is 1. The zero-order valence-electron chi connectivity index (χ0n) is 16.2. The highest BCUT2D eigenvalue weighted by molar-refractivity contribution is 5.49. The highest BCUT2D eigenvalue weighted by atomic mass is 16.5. The molecule has 1 fully saturated rings. The Labute approximate surface area is 162 Å². The van der Waals surface area contributed by atoms with Crippen LogP contribution in [0.2, 0.25) is 0 Å². The van der Waals surface area contributed by atoms with Crippen molar-refractivity contribution in [2.45, 2.75) is 31.8 Å². The molecule has 2 N–H and O–H groups in total. The van der Waals surface area contributed by atoms with Crippen molar-refractivity contribution >= 4 is 12.9 Å². The van der Waals surface area contributed by atoms with Crippen molar-refractivity contribution in [3.63, 3.8) is 0 Å². The van der Waals surface area contributed by atoms with Crippen molar-refractivity contribution in [3.8, 4) is 0 Å². The SMILES string of the molecule is C=C/C=C\C(C)=C/C.NCC(c1ccccc1)C1(OC=O)CCN(C=O)C1. The number of amides is 1. The first kappa shape index (κ1) is 22.4. The summed E-state index contributed by atoms with van der Waals surface area (Å²) < 4.78 is 5.37. The third-order valence-corrected chi connectivity index (χ3v) is 4.75. The van der Waals surface area contributed by atoms with Gasteiger partial charge in [-0.1, -0.05) is 66.8 Å². The number of hydrogen-bond donors (Lipinski definition) is 1. The molecular formula is C22H30N2O3. The quantitative estimate of drug-likeness (QED) is 0.563. The smallest absolute Gasteiger partial charge is 0.293 e. The van der Waals surface area contributed by atoms with Gasteiger partial charge in [-0.2, -0.15) is 0 Å². The lowest BCUT2D eigenvalue weighted by atomic mass is 9.81. The van der Waals surface area contributed by atoms with Crippen LogP contribution in [0.5, 0.6) is 0 Å². The van der Waals surface area contributed by atoms with E-state index in [0.29, 0.717) is 32.5 Å². The second-order valence-electron chi connectivity index (χ2n) is 6.43. The summed E-state index contributed by atoms with van der Waals surface area (Å²) in [6.45, 7) is 9.43. The molecule has 0 aromatic heterocycles. The van der Waals surface area contributed by atoms with E-state index in [4.69, 9.17) is 10.5 Å². The average molecular weight is 370 g/mol. The van der Waals surface area contributed by atoms with E-state index in [-0.39, 0.29) is 5.92 Å². The number of nitrogens with two attached hydrogens (primary N) is 1. The molecule has 2 atom stereocenters. The van der Waals surface area contributed by atoms with E-state index < -0.39 is 5.60 Å². The number of benzene rings is 1. The van der Waals surface area contributed by atoms with Gasteiger partial charge in [0.05, 0.1) is 6.54 Å². The summed E-state index contributed by atoms with van der Waals surface area (Å²) in [5.74, 6) is -0.108. The Morgan fingerprint density at radius 2 is 2.07 bits per heavy atom. The number of rotatable bonds is 8. The van der Waals surface area contributed by atoms with E-state index in [1.54, 1.807) is 11.0 Å². The van der Waals surface area contributed by atoms with Crippen molar-refractivity contribution in [3.05, 3.63) is 72.4 Å². The van der Waals surface area contributed by atoms with Crippen molar-refractivity contribution in [1.29, 1.82) is 0 Å². The molecular weight excluding hydrogens is 340 g/mol. The predicted octanol–water partition coefficient (Wildman–Crippen LogP) is 3.20. The van der Waals surface area contributed by atoms with Crippen LogP contribution in [0.1, 0.15) is 31.7 Å². The van der Waals surface area contributed by atoms with Gasteiger partial charge >= 0.3 is 0 Å². The molecule has 0 spiro atoms. The molecule has 1 amide bonds. The zero-order valence-corrected chi connectivity index (χ0v) is 16.2. The topological polar surface area (TPSA) is 72.6 Å². The lowest BCUT2D eigenvalue weighted by Gasteiger charge is -2.35. The molecule has 0 saturated carbocycles. The second kappa shape index (κ2) is 11.9. The Morgan fingerprint density at radius 3 is 2.56 bits per heavy atom. The van der Waals surface area contributed by atoms with Gasteiger partial charge < -0.3 is 15.4 Å². The molecule has 1 aromatic carbocycles. The van der Waals surface area contributed by atoms with Gasteiger partial charge in [0.1, 0.15) is 5.60 Å².